The molecule has 0 fully saturated rings. The molecule has 8 heteroatoms. The molecule has 1 unspecified atom stereocenters. The summed E-state index contributed by atoms with van der Waals surface area (Å²) in [6.07, 6.45) is 3.20. The van der Waals surface area contributed by atoms with Gasteiger partial charge < -0.3 is 19.2 Å². The molecule has 1 amide bonds. The summed E-state index contributed by atoms with van der Waals surface area (Å²) in [5.41, 5.74) is 2.07. The van der Waals surface area contributed by atoms with E-state index in [1.807, 2.05) is 12.1 Å². The lowest BCUT2D eigenvalue weighted by molar-refractivity contribution is -0.130. The maximum absolute atomic E-state index is 13.6. The van der Waals surface area contributed by atoms with E-state index in [1.165, 1.54) is 12.0 Å². The lowest BCUT2D eigenvalue weighted by atomic mass is 9.94. The molecule has 8 nitrogen and oxygen atoms in total. The van der Waals surface area contributed by atoms with Crippen molar-refractivity contribution in [2.45, 2.75) is 12.6 Å². The molecule has 1 N–H and O–H groups in total. The number of rotatable bonds is 6. The summed E-state index contributed by atoms with van der Waals surface area (Å²) < 4.78 is 10.5. The number of nitrogens with zero attached hydrogens (tertiary/aromatic N) is 2. The van der Waals surface area contributed by atoms with Crippen molar-refractivity contribution < 1.29 is 28.6 Å². The quantitative estimate of drug-likeness (QED) is 0.330. The highest BCUT2D eigenvalue weighted by atomic mass is 16.5. The van der Waals surface area contributed by atoms with Crippen LogP contribution in [0.15, 0.2) is 94.9 Å². The van der Waals surface area contributed by atoms with E-state index >= 15 is 0 Å². The molecular formula is C27H20N2O6. The number of carbonyl (C=O) groups excluding carboxylic acids is 3. The van der Waals surface area contributed by atoms with Crippen molar-refractivity contribution in [1.82, 2.24) is 9.88 Å². The van der Waals surface area contributed by atoms with Crippen LogP contribution in [0.5, 0.6) is 0 Å². The molecule has 1 aliphatic heterocycles. The third-order valence-corrected chi connectivity index (χ3v) is 5.95. The Labute approximate surface area is 200 Å². The van der Waals surface area contributed by atoms with Crippen LogP contribution < -0.4 is 0 Å². The van der Waals surface area contributed by atoms with Crippen LogP contribution in [0, 0.1) is 0 Å². The number of carbonyl (C=O) groups is 3. The summed E-state index contributed by atoms with van der Waals surface area (Å²) >= 11 is 0. The second kappa shape index (κ2) is 8.90. The number of aromatic nitrogens is 1. The molecule has 35 heavy (non-hydrogen) atoms. The van der Waals surface area contributed by atoms with Gasteiger partial charge in [-0.2, -0.15) is 0 Å². The van der Waals surface area contributed by atoms with Gasteiger partial charge in [-0.25, -0.2) is 4.79 Å². The number of para-hydroxylation sites is 1. The zero-order valence-electron chi connectivity index (χ0n) is 18.7. The third kappa shape index (κ3) is 3.95. The second-order valence-electron chi connectivity index (χ2n) is 8.04. The lowest BCUT2D eigenvalue weighted by Crippen LogP contribution is -2.30. The molecule has 1 aliphatic rings. The van der Waals surface area contributed by atoms with E-state index in [1.54, 1.807) is 67.0 Å². The summed E-state index contributed by atoms with van der Waals surface area (Å²) in [5.74, 6) is -2.40. The summed E-state index contributed by atoms with van der Waals surface area (Å²) in [6, 6.07) is 17.7. The van der Waals surface area contributed by atoms with Gasteiger partial charge in [0.15, 0.2) is 11.5 Å². The predicted octanol–water partition coefficient (Wildman–Crippen LogP) is 4.39. The van der Waals surface area contributed by atoms with Crippen LogP contribution in [0.1, 0.15) is 38.1 Å². The topological polar surface area (TPSA) is 110 Å². The number of aliphatic hydroxyl groups excluding tert-OH is 1. The number of hydrogen-bond acceptors (Lipinski definition) is 7. The van der Waals surface area contributed by atoms with E-state index in [9.17, 15) is 19.5 Å². The minimum atomic E-state index is -0.900. The first-order valence-electron chi connectivity index (χ1n) is 10.8. The van der Waals surface area contributed by atoms with Crippen molar-refractivity contribution in [2.24, 2.45) is 0 Å². The van der Waals surface area contributed by atoms with Crippen LogP contribution in [0.4, 0.5) is 0 Å². The molecule has 0 bridgehead atoms. The lowest BCUT2D eigenvalue weighted by Gasteiger charge is -2.27. The molecule has 0 radical (unpaired) electrons. The molecular weight excluding hydrogens is 448 g/mol. The maximum Gasteiger partial charge on any atom is 0.337 e. The Morgan fingerprint density at radius 1 is 1.06 bits per heavy atom. The van der Waals surface area contributed by atoms with E-state index in [-0.39, 0.29) is 17.9 Å². The largest absolute Gasteiger partial charge is 0.503 e. The average molecular weight is 468 g/mol. The third-order valence-electron chi connectivity index (χ3n) is 5.95. The fourth-order valence-corrected chi connectivity index (χ4v) is 4.23. The number of methoxy groups -OCH3 is 1. The van der Waals surface area contributed by atoms with Gasteiger partial charge in [-0.1, -0.05) is 30.3 Å². The van der Waals surface area contributed by atoms with E-state index in [4.69, 9.17) is 9.15 Å². The van der Waals surface area contributed by atoms with Crippen molar-refractivity contribution in [3.8, 4) is 0 Å². The zero-order chi connectivity index (χ0) is 24.5. The molecule has 5 rings (SSSR count). The van der Waals surface area contributed by atoms with Crippen LogP contribution in [-0.4, -0.2) is 39.8 Å². The predicted molar refractivity (Wildman–Crippen MR) is 126 cm³/mol. The Morgan fingerprint density at radius 3 is 2.46 bits per heavy atom. The highest BCUT2D eigenvalue weighted by Gasteiger charge is 2.44. The van der Waals surface area contributed by atoms with Crippen molar-refractivity contribution >= 4 is 28.6 Å². The normalized spacial score (nSPS) is 15.6. The summed E-state index contributed by atoms with van der Waals surface area (Å²) in [6.45, 7) is 0.131. The fraction of sp³-hybridized carbons (Fsp3) is 0.111. The van der Waals surface area contributed by atoms with Crippen molar-refractivity contribution in [3.63, 3.8) is 0 Å². The minimum Gasteiger partial charge on any atom is -0.503 e. The standard InChI is InChI=1S/C27H20N2O6/c1-34-27(33)18-8-6-17(7-9-18)23-22(24(30)21-14-19-4-2-3-5-20(19)35-21)25(31)26(32)29(23)15-16-10-12-28-13-11-16/h2-14,23,31H,15H2,1H3. The van der Waals surface area contributed by atoms with Crippen LogP contribution >= 0.6 is 0 Å². The Balaban J connectivity index is 1.59. The Bertz CT molecular complexity index is 1440. The molecule has 2 aromatic heterocycles. The SMILES string of the molecule is COC(=O)c1ccc(C2C(C(=O)c3cc4ccccc4o3)=C(O)C(=O)N2Cc2ccncc2)cc1. The number of fused-ring (bicyclic) bond motifs is 1. The number of hydrogen-bond donors (Lipinski definition) is 1. The number of ketones is 1. The molecule has 0 aliphatic carbocycles. The highest BCUT2D eigenvalue weighted by Crippen LogP contribution is 2.40. The summed E-state index contributed by atoms with van der Waals surface area (Å²) in [5, 5.41) is 11.6. The number of benzene rings is 2. The molecule has 1 atom stereocenters. The number of amides is 1. The number of esters is 1. The first-order valence-corrected chi connectivity index (χ1v) is 10.8. The van der Waals surface area contributed by atoms with Gasteiger partial charge in [0, 0.05) is 24.3 Å². The van der Waals surface area contributed by atoms with Crippen molar-refractivity contribution in [3.05, 3.63) is 113 Å². The van der Waals surface area contributed by atoms with Crippen molar-refractivity contribution in [1.29, 1.82) is 0 Å². The number of aliphatic hydroxyl groups is 1. The molecule has 3 heterocycles. The van der Waals surface area contributed by atoms with E-state index in [0.29, 0.717) is 16.7 Å². The van der Waals surface area contributed by atoms with Crippen LogP contribution in [0.2, 0.25) is 0 Å². The van der Waals surface area contributed by atoms with E-state index in [0.717, 1.165) is 10.9 Å². The van der Waals surface area contributed by atoms with E-state index < -0.39 is 29.5 Å². The van der Waals surface area contributed by atoms with E-state index in [2.05, 4.69) is 4.98 Å². The molecule has 0 saturated carbocycles. The average Bonchev–Trinajstić information content (AvgIpc) is 3.43. The fourth-order valence-electron chi connectivity index (χ4n) is 4.23. The monoisotopic (exact) mass is 468 g/mol. The molecule has 0 saturated heterocycles. The number of ether oxygens (including phenoxy) is 1. The van der Waals surface area contributed by atoms with Gasteiger partial charge in [0.05, 0.1) is 24.3 Å². The smallest absolute Gasteiger partial charge is 0.337 e. The Morgan fingerprint density at radius 2 is 1.77 bits per heavy atom. The van der Waals surface area contributed by atoms with Crippen LogP contribution in [-0.2, 0) is 16.1 Å². The first kappa shape index (κ1) is 22.1. The number of Topliss-reactive ketones (excluding diaryl/α,β-unsaturated/α-hetero) is 1. The van der Waals surface area contributed by atoms with Gasteiger partial charge in [0.2, 0.25) is 5.78 Å². The summed E-state index contributed by atoms with van der Waals surface area (Å²) in [4.78, 5) is 44.1. The zero-order valence-corrected chi connectivity index (χ0v) is 18.7. The van der Waals surface area contributed by atoms with Gasteiger partial charge >= 0.3 is 5.97 Å². The number of pyridine rings is 1. The maximum atomic E-state index is 13.6. The van der Waals surface area contributed by atoms with Gasteiger partial charge in [0.25, 0.3) is 5.91 Å². The number of furan rings is 1. The van der Waals surface area contributed by atoms with Gasteiger partial charge in [-0.05, 0) is 47.5 Å². The van der Waals surface area contributed by atoms with Gasteiger partial charge in [-0.15, -0.1) is 0 Å². The molecule has 2 aromatic carbocycles. The molecule has 174 valence electrons. The Kier molecular flexibility index (Phi) is 5.62. The van der Waals surface area contributed by atoms with Gasteiger partial charge in [0.1, 0.15) is 5.58 Å². The minimum absolute atomic E-state index is 0.0162. The highest BCUT2D eigenvalue weighted by molar-refractivity contribution is 6.16. The molecule has 0 spiro atoms. The van der Waals surface area contributed by atoms with Crippen molar-refractivity contribution in [2.75, 3.05) is 7.11 Å². The van der Waals surface area contributed by atoms with Crippen LogP contribution in [0.3, 0.4) is 0 Å². The molecule has 4 aromatic rings. The summed E-state index contributed by atoms with van der Waals surface area (Å²) in [7, 11) is 1.28. The first-order chi connectivity index (χ1) is 17.0. The van der Waals surface area contributed by atoms with Gasteiger partial charge in [-0.3, -0.25) is 14.6 Å². The second-order valence-corrected chi connectivity index (χ2v) is 8.04. The Hall–Kier alpha value is -4.72. The van der Waals surface area contributed by atoms with Crippen LogP contribution in [0.25, 0.3) is 11.0 Å².